The molecule has 4 nitrogen and oxygen atoms in total. The molecule has 2 heterocycles. The highest BCUT2D eigenvalue weighted by Gasteiger charge is 2.18. The summed E-state index contributed by atoms with van der Waals surface area (Å²) in [6, 6.07) is 7.45. The van der Waals surface area contributed by atoms with Crippen molar-refractivity contribution >= 4 is 9.84 Å². The molecule has 0 aliphatic rings. The molecule has 0 aliphatic heterocycles. The van der Waals surface area contributed by atoms with Crippen molar-refractivity contribution in [1.29, 1.82) is 0 Å². The van der Waals surface area contributed by atoms with E-state index < -0.39 is 21.5 Å². The third kappa shape index (κ3) is 2.65. The van der Waals surface area contributed by atoms with Gasteiger partial charge < -0.3 is 0 Å². The SMILES string of the molecule is O=S(=O)(Cc1cccnc1F)c1ccccn1. The lowest BCUT2D eigenvalue weighted by Crippen LogP contribution is -2.08. The normalized spacial score (nSPS) is 11.4. The van der Waals surface area contributed by atoms with Crippen molar-refractivity contribution in [3.8, 4) is 0 Å². The molecule has 0 amide bonds. The summed E-state index contributed by atoms with van der Waals surface area (Å²) in [6.45, 7) is 0. The Morgan fingerprint density at radius 2 is 1.82 bits per heavy atom. The maximum Gasteiger partial charge on any atom is 0.217 e. The molecular weight excluding hydrogens is 243 g/mol. The number of sulfone groups is 1. The quantitative estimate of drug-likeness (QED) is 0.778. The number of aromatic nitrogens is 2. The van der Waals surface area contributed by atoms with Crippen LogP contribution < -0.4 is 0 Å². The Morgan fingerprint density at radius 1 is 1.06 bits per heavy atom. The van der Waals surface area contributed by atoms with Gasteiger partial charge in [0.25, 0.3) is 0 Å². The molecular formula is C11H9FN2O2S. The van der Waals surface area contributed by atoms with Crippen LogP contribution in [0.3, 0.4) is 0 Å². The molecule has 88 valence electrons. The molecule has 0 aliphatic carbocycles. The van der Waals surface area contributed by atoms with Crippen LogP contribution in [0.4, 0.5) is 4.39 Å². The zero-order valence-electron chi connectivity index (χ0n) is 8.75. The third-order valence-corrected chi connectivity index (χ3v) is 3.71. The minimum Gasteiger partial charge on any atom is -0.245 e. The minimum absolute atomic E-state index is 0.0400. The Hall–Kier alpha value is -1.82. The first kappa shape index (κ1) is 11.7. The smallest absolute Gasteiger partial charge is 0.217 e. The van der Waals surface area contributed by atoms with Gasteiger partial charge in [0.15, 0.2) is 14.9 Å². The standard InChI is InChI=1S/C11H9FN2O2S/c12-11-9(4-3-7-14-11)8-17(15,16)10-5-1-2-6-13-10/h1-7H,8H2. The average Bonchev–Trinajstić information content (AvgIpc) is 2.33. The summed E-state index contributed by atoms with van der Waals surface area (Å²) in [5, 5.41) is -0.0664. The average molecular weight is 252 g/mol. The van der Waals surface area contributed by atoms with Crippen LogP contribution in [0.15, 0.2) is 47.8 Å². The first-order chi connectivity index (χ1) is 8.09. The van der Waals surface area contributed by atoms with Crippen molar-refractivity contribution in [1.82, 2.24) is 9.97 Å². The lowest BCUT2D eigenvalue weighted by molar-refractivity contribution is 0.563. The Bertz CT molecular complexity index is 614. The first-order valence-corrected chi connectivity index (χ1v) is 6.48. The molecule has 0 saturated heterocycles. The highest BCUT2D eigenvalue weighted by Crippen LogP contribution is 2.14. The van der Waals surface area contributed by atoms with Crippen LogP contribution in [0.2, 0.25) is 0 Å². The molecule has 0 aromatic carbocycles. The topological polar surface area (TPSA) is 59.9 Å². The van der Waals surface area contributed by atoms with Gasteiger partial charge in [0.1, 0.15) is 0 Å². The van der Waals surface area contributed by atoms with Gasteiger partial charge in [-0.25, -0.2) is 18.4 Å². The highest BCUT2D eigenvalue weighted by atomic mass is 32.2. The van der Waals surface area contributed by atoms with Gasteiger partial charge in [-0.05, 0) is 18.2 Å². The number of pyridine rings is 2. The zero-order valence-corrected chi connectivity index (χ0v) is 9.56. The summed E-state index contributed by atoms with van der Waals surface area (Å²) in [5.74, 6) is -1.21. The maximum atomic E-state index is 13.2. The number of rotatable bonds is 3. The Kier molecular flexibility index (Phi) is 3.14. The predicted molar refractivity (Wildman–Crippen MR) is 59.3 cm³/mol. The molecule has 6 heteroatoms. The summed E-state index contributed by atoms with van der Waals surface area (Å²) in [5.41, 5.74) is 0.0400. The van der Waals surface area contributed by atoms with Crippen molar-refractivity contribution in [2.45, 2.75) is 10.8 Å². The molecule has 2 aromatic rings. The summed E-state index contributed by atoms with van der Waals surface area (Å²) < 4.78 is 37.0. The second-order valence-corrected chi connectivity index (χ2v) is 5.32. The van der Waals surface area contributed by atoms with Crippen LogP contribution in [0.1, 0.15) is 5.56 Å². The lowest BCUT2D eigenvalue weighted by Gasteiger charge is -2.03. The van der Waals surface area contributed by atoms with Gasteiger partial charge in [-0.15, -0.1) is 0 Å². The molecule has 0 N–H and O–H groups in total. The number of hydrogen-bond donors (Lipinski definition) is 0. The van der Waals surface area contributed by atoms with Crippen molar-refractivity contribution < 1.29 is 12.8 Å². The lowest BCUT2D eigenvalue weighted by atomic mass is 10.3. The van der Waals surface area contributed by atoms with Crippen LogP contribution in [-0.4, -0.2) is 18.4 Å². The monoisotopic (exact) mass is 252 g/mol. The van der Waals surface area contributed by atoms with Crippen molar-refractivity contribution in [2.24, 2.45) is 0 Å². The minimum atomic E-state index is -3.63. The van der Waals surface area contributed by atoms with E-state index in [-0.39, 0.29) is 10.6 Å². The first-order valence-electron chi connectivity index (χ1n) is 4.83. The van der Waals surface area contributed by atoms with Crippen molar-refractivity contribution in [3.05, 3.63) is 54.2 Å². The number of halogens is 1. The maximum absolute atomic E-state index is 13.2. The Balaban J connectivity index is 2.34. The van der Waals surface area contributed by atoms with Gasteiger partial charge in [0.05, 0.1) is 5.75 Å². The van der Waals surface area contributed by atoms with E-state index >= 15 is 0 Å². The van der Waals surface area contributed by atoms with E-state index in [0.717, 1.165) is 0 Å². The molecule has 0 atom stereocenters. The number of nitrogens with zero attached hydrogens (tertiary/aromatic N) is 2. The van der Waals surface area contributed by atoms with Crippen molar-refractivity contribution in [3.63, 3.8) is 0 Å². The van der Waals surface area contributed by atoms with E-state index in [4.69, 9.17) is 0 Å². The van der Waals surface area contributed by atoms with E-state index in [1.54, 1.807) is 12.1 Å². The summed E-state index contributed by atoms with van der Waals surface area (Å²) in [6.07, 6.45) is 2.65. The van der Waals surface area contributed by atoms with Gasteiger partial charge >= 0.3 is 0 Å². The summed E-state index contributed by atoms with van der Waals surface area (Å²) >= 11 is 0. The van der Waals surface area contributed by atoms with Crippen LogP contribution in [0, 0.1) is 5.95 Å². The van der Waals surface area contributed by atoms with Crippen LogP contribution >= 0.6 is 0 Å². The second kappa shape index (κ2) is 4.58. The van der Waals surface area contributed by atoms with Crippen molar-refractivity contribution in [2.75, 3.05) is 0 Å². The molecule has 0 spiro atoms. The molecule has 0 bridgehead atoms. The van der Waals surface area contributed by atoms with E-state index in [2.05, 4.69) is 9.97 Å². The van der Waals surface area contributed by atoms with E-state index in [1.807, 2.05) is 0 Å². The molecule has 2 aromatic heterocycles. The fraction of sp³-hybridized carbons (Fsp3) is 0.0909. The van der Waals surface area contributed by atoms with Gasteiger partial charge in [0.2, 0.25) is 5.95 Å². The van der Waals surface area contributed by atoms with Crippen LogP contribution in [0.25, 0.3) is 0 Å². The van der Waals surface area contributed by atoms with Gasteiger partial charge in [-0.2, -0.15) is 4.39 Å². The molecule has 17 heavy (non-hydrogen) atoms. The van der Waals surface area contributed by atoms with E-state index in [9.17, 15) is 12.8 Å². The van der Waals surface area contributed by atoms with Gasteiger partial charge in [0, 0.05) is 18.0 Å². The summed E-state index contributed by atoms with van der Waals surface area (Å²) in [7, 11) is -3.63. The van der Waals surface area contributed by atoms with Crippen LogP contribution in [-0.2, 0) is 15.6 Å². The van der Waals surface area contributed by atoms with Gasteiger partial charge in [-0.1, -0.05) is 12.1 Å². The highest BCUT2D eigenvalue weighted by molar-refractivity contribution is 7.90. The zero-order chi connectivity index (χ0) is 12.3. The molecule has 0 unspecified atom stereocenters. The number of hydrogen-bond acceptors (Lipinski definition) is 4. The fourth-order valence-electron chi connectivity index (χ4n) is 1.34. The summed E-state index contributed by atoms with van der Waals surface area (Å²) in [4.78, 5) is 7.15. The largest absolute Gasteiger partial charge is 0.245 e. The van der Waals surface area contributed by atoms with E-state index in [1.165, 1.54) is 30.6 Å². The molecule has 0 radical (unpaired) electrons. The van der Waals surface area contributed by atoms with Gasteiger partial charge in [-0.3, -0.25) is 0 Å². The van der Waals surface area contributed by atoms with Crippen LogP contribution in [0.5, 0.6) is 0 Å². The third-order valence-electron chi connectivity index (χ3n) is 2.14. The molecule has 0 saturated carbocycles. The van der Waals surface area contributed by atoms with E-state index in [0.29, 0.717) is 0 Å². The molecule has 2 rings (SSSR count). The fourth-order valence-corrected chi connectivity index (χ4v) is 2.62. The molecule has 0 fully saturated rings. The predicted octanol–water partition coefficient (Wildman–Crippen LogP) is 1.59. The Labute approximate surface area is 98.1 Å². The second-order valence-electron chi connectivity index (χ2n) is 3.38. The Morgan fingerprint density at radius 3 is 2.47 bits per heavy atom.